The molecule has 0 saturated heterocycles. The van der Waals surface area contributed by atoms with Crippen LogP contribution in [0.3, 0.4) is 0 Å². The molecule has 3 aromatic rings. The van der Waals surface area contributed by atoms with Crippen molar-refractivity contribution in [2.75, 3.05) is 7.11 Å². The molecule has 1 heterocycles. The Labute approximate surface area is 183 Å². The molecule has 3 rings (SSSR count). The molecule has 0 aliphatic rings. The predicted molar refractivity (Wildman–Crippen MR) is 115 cm³/mol. The third-order valence-corrected chi connectivity index (χ3v) is 4.91. The van der Waals surface area contributed by atoms with Crippen LogP contribution in [0.2, 0.25) is 15.1 Å². The molecule has 0 fully saturated rings. The van der Waals surface area contributed by atoms with Crippen LogP contribution in [0, 0.1) is 0 Å². The molecule has 5 nitrogen and oxygen atoms in total. The van der Waals surface area contributed by atoms with Crippen molar-refractivity contribution in [3.63, 3.8) is 0 Å². The molecule has 0 aliphatic heterocycles. The summed E-state index contributed by atoms with van der Waals surface area (Å²) in [6.07, 6.45) is 4.68. The molecule has 0 spiro atoms. The van der Waals surface area contributed by atoms with Gasteiger partial charge in [-0.25, -0.2) is 0 Å². The number of methoxy groups -OCH3 is 1. The SMILES string of the molecule is COc1ccc(/C=C/C(=O)c2nn(C)cc2Cl)cc1COc1c(Cl)cccc1Cl. The van der Waals surface area contributed by atoms with Crippen LogP contribution in [0.1, 0.15) is 21.6 Å². The van der Waals surface area contributed by atoms with Gasteiger partial charge < -0.3 is 9.47 Å². The molecule has 0 atom stereocenters. The number of ketones is 1. The van der Waals surface area contributed by atoms with Crippen LogP contribution in [0.5, 0.6) is 11.5 Å². The number of nitrogens with zero attached hydrogens (tertiary/aromatic N) is 2. The zero-order valence-electron chi connectivity index (χ0n) is 15.7. The van der Waals surface area contributed by atoms with E-state index in [2.05, 4.69) is 5.10 Å². The average Bonchev–Trinajstić information content (AvgIpc) is 3.04. The number of hydrogen-bond donors (Lipinski definition) is 0. The number of halogens is 3. The van der Waals surface area contributed by atoms with Crippen molar-refractivity contribution < 1.29 is 14.3 Å². The van der Waals surface area contributed by atoms with Crippen molar-refractivity contribution in [3.05, 3.63) is 80.6 Å². The van der Waals surface area contributed by atoms with Gasteiger partial charge in [0.2, 0.25) is 5.78 Å². The van der Waals surface area contributed by atoms with Crippen molar-refractivity contribution in [1.29, 1.82) is 0 Å². The number of allylic oxidation sites excluding steroid dienone is 1. The Morgan fingerprint density at radius 2 is 1.86 bits per heavy atom. The third-order valence-electron chi connectivity index (χ3n) is 4.04. The van der Waals surface area contributed by atoms with Crippen LogP contribution in [0.15, 0.2) is 48.7 Å². The fraction of sp³-hybridized carbons (Fsp3) is 0.143. The number of aromatic nitrogens is 2. The third kappa shape index (κ3) is 5.12. The van der Waals surface area contributed by atoms with Gasteiger partial charge in [0.25, 0.3) is 0 Å². The van der Waals surface area contributed by atoms with E-state index in [9.17, 15) is 4.79 Å². The Hall–Kier alpha value is -2.47. The summed E-state index contributed by atoms with van der Waals surface area (Å²) >= 11 is 18.3. The zero-order chi connectivity index (χ0) is 21.0. The summed E-state index contributed by atoms with van der Waals surface area (Å²) in [6.45, 7) is 0.189. The minimum atomic E-state index is -0.285. The van der Waals surface area contributed by atoms with Gasteiger partial charge >= 0.3 is 0 Å². The van der Waals surface area contributed by atoms with E-state index in [0.29, 0.717) is 26.6 Å². The molecule has 0 radical (unpaired) electrons. The summed E-state index contributed by atoms with van der Waals surface area (Å²) in [7, 11) is 3.27. The lowest BCUT2D eigenvalue weighted by molar-refractivity contribution is 0.104. The maximum atomic E-state index is 12.3. The van der Waals surface area contributed by atoms with Crippen molar-refractivity contribution in [2.24, 2.45) is 7.05 Å². The lowest BCUT2D eigenvalue weighted by Gasteiger charge is -2.13. The molecule has 0 saturated carbocycles. The van der Waals surface area contributed by atoms with Gasteiger partial charge in [-0.05, 0) is 35.9 Å². The van der Waals surface area contributed by atoms with E-state index in [1.165, 1.54) is 10.8 Å². The minimum absolute atomic E-state index is 0.189. The van der Waals surface area contributed by atoms with Crippen LogP contribution in [-0.2, 0) is 13.7 Å². The zero-order valence-corrected chi connectivity index (χ0v) is 17.9. The van der Waals surface area contributed by atoms with E-state index in [0.717, 1.165) is 11.1 Å². The molecule has 1 aromatic heterocycles. The average molecular weight is 452 g/mol. The summed E-state index contributed by atoms with van der Waals surface area (Å²) in [5, 5.41) is 5.22. The molecule has 2 aromatic carbocycles. The summed E-state index contributed by atoms with van der Waals surface area (Å²) < 4.78 is 12.7. The molecule has 8 heteroatoms. The highest BCUT2D eigenvalue weighted by Gasteiger charge is 2.13. The van der Waals surface area contributed by atoms with E-state index >= 15 is 0 Å². The first-order valence-electron chi connectivity index (χ1n) is 8.54. The van der Waals surface area contributed by atoms with Crippen LogP contribution in [-0.4, -0.2) is 22.7 Å². The van der Waals surface area contributed by atoms with Crippen molar-refractivity contribution in [3.8, 4) is 11.5 Å². The van der Waals surface area contributed by atoms with Crippen LogP contribution in [0.4, 0.5) is 0 Å². The number of rotatable bonds is 7. The number of para-hydroxylation sites is 1. The highest BCUT2D eigenvalue weighted by molar-refractivity contribution is 6.37. The van der Waals surface area contributed by atoms with Gasteiger partial charge in [0, 0.05) is 18.8 Å². The number of hydrogen-bond acceptors (Lipinski definition) is 4. The first kappa shape index (κ1) is 21.2. The number of aryl methyl sites for hydroxylation is 1. The van der Waals surface area contributed by atoms with Gasteiger partial charge in [-0.1, -0.05) is 53.0 Å². The normalized spacial score (nSPS) is 11.1. The Bertz CT molecular complexity index is 1060. The van der Waals surface area contributed by atoms with Crippen molar-refractivity contribution in [1.82, 2.24) is 9.78 Å². The van der Waals surface area contributed by atoms with Gasteiger partial charge in [-0.2, -0.15) is 5.10 Å². The Kier molecular flexibility index (Phi) is 6.85. The second-order valence-electron chi connectivity index (χ2n) is 6.11. The molecule has 0 unspecified atom stereocenters. The molecular weight excluding hydrogens is 435 g/mol. The van der Waals surface area contributed by atoms with Gasteiger partial charge in [0.1, 0.15) is 12.4 Å². The van der Waals surface area contributed by atoms with E-state index in [-0.39, 0.29) is 18.1 Å². The van der Waals surface area contributed by atoms with E-state index < -0.39 is 0 Å². The highest BCUT2D eigenvalue weighted by Crippen LogP contribution is 2.33. The quantitative estimate of drug-likeness (QED) is 0.333. The fourth-order valence-electron chi connectivity index (χ4n) is 2.66. The topological polar surface area (TPSA) is 53.3 Å². The standard InChI is InChI=1S/C21H17Cl3N2O3/c1-26-11-17(24)20(25-26)18(27)8-6-13-7-9-19(28-2)14(10-13)12-29-21-15(22)4-3-5-16(21)23/h3-11H,12H2,1-2H3/b8-6+. The number of carbonyl (C=O) groups excluding carboxylic acids is 1. The molecule has 0 aliphatic carbocycles. The van der Waals surface area contributed by atoms with Crippen molar-refractivity contribution in [2.45, 2.75) is 6.61 Å². The molecule has 0 amide bonds. The van der Waals surface area contributed by atoms with Crippen LogP contribution >= 0.6 is 34.8 Å². The summed E-state index contributed by atoms with van der Waals surface area (Å²) in [5.41, 5.74) is 1.76. The summed E-state index contributed by atoms with van der Waals surface area (Å²) in [6, 6.07) is 10.6. The monoisotopic (exact) mass is 450 g/mol. The maximum absolute atomic E-state index is 12.3. The number of ether oxygens (including phenoxy) is 2. The number of carbonyl (C=O) groups is 1. The lowest BCUT2D eigenvalue weighted by atomic mass is 10.1. The number of benzene rings is 2. The van der Waals surface area contributed by atoms with Gasteiger partial charge in [0.15, 0.2) is 11.4 Å². The molecule has 0 N–H and O–H groups in total. The van der Waals surface area contributed by atoms with Gasteiger partial charge in [-0.15, -0.1) is 0 Å². The lowest BCUT2D eigenvalue weighted by Crippen LogP contribution is -2.00. The second-order valence-corrected chi connectivity index (χ2v) is 7.33. The fourth-order valence-corrected chi connectivity index (χ4v) is 3.44. The summed E-state index contributed by atoms with van der Waals surface area (Å²) in [5.74, 6) is 0.760. The molecule has 29 heavy (non-hydrogen) atoms. The van der Waals surface area contributed by atoms with Gasteiger partial charge in [-0.3, -0.25) is 9.48 Å². The van der Waals surface area contributed by atoms with E-state index in [1.807, 2.05) is 12.1 Å². The maximum Gasteiger partial charge on any atom is 0.207 e. The Morgan fingerprint density at radius 1 is 1.14 bits per heavy atom. The largest absolute Gasteiger partial charge is 0.496 e. The molecular formula is C21H17Cl3N2O3. The first-order chi connectivity index (χ1) is 13.9. The predicted octanol–water partition coefficient (Wildman–Crippen LogP) is 5.86. The molecule has 0 bridgehead atoms. The second kappa shape index (κ2) is 9.35. The highest BCUT2D eigenvalue weighted by atomic mass is 35.5. The smallest absolute Gasteiger partial charge is 0.207 e. The van der Waals surface area contributed by atoms with E-state index in [1.54, 1.807) is 50.7 Å². The molecule has 150 valence electrons. The first-order valence-corrected chi connectivity index (χ1v) is 9.67. The minimum Gasteiger partial charge on any atom is -0.496 e. The summed E-state index contributed by atoms with van der Waals surface area (Å²) in [4.78, 5) is 12.3. The van der Waals surface area contributed by atoms with Crippen molar-refractivity contribution >= 4 is 46.7 Å². The van der Waals surface area contributed by atoms with Gasteiger partial charge in [0.05, 0.1) is 22.2 Å². The van der Waals surface area contributed by atoms with E-state index in [4.69, 9.17) is 44.3 Å². The van der Waals surface area contributed by atoms with Crippen LogP contribution in [0.25, 0.3) is 6.08 Å². The Morgan fingerprint density at radius 3 is 2.48 bits per heavy atom. The van der Waals surface area contributed by atoms with Crippen LogP contribution < -0.4 is 9.47 Å². The Balaban J connectivity index is 1.79.